The number of nitrogens with one attached hydrogen (secondary N) is 1. The van der Waals surface area contributed by atoms with Crippen molar-refractivity contribution < 1.29 is 19.2 Å². The zero-order valence-electron chi connectivity index (χ0n) is 30.6. The van der Waals surface area contributed by atoms with Crippen LogP contribution in [0.2, 0.25) is 5.02 Å². The summed E-state index contributed by atoms with van der Waals surface area (Å²) in [6.45, 7) is 7.56. The summed E-state index contributed by atoms with van der Waals surface area (Å²) in [7, 11) is 0. The van der Waals surface area contributed by atoms with Crippen LogP contribution in [0.15, 0.2) is 65.8 Å². The van der Waals surface area contributed by atoms with E-state index < -0.39 is 17.9 Å². The number of halogens is 1. The average molecular weight is 783 g/mol. The van der Waals surface area contributed by atoms with Gasteiger partial charge in [0.1, 0.15) is 28.8 Å². The molecule has 1 unspecified atom stereocenters. The molecule has 14 heteroatoms. The molecule has 280 valence electrons. The van der Waals surface area contributed by atoms with Crippen molar-refractivity contribution in [3.8, 4) is 16.8 Å². The van der Waals surface area contributed by atoms with Gasteiger partial charge in [-0.2, -0.15) is 0 Å². The van der Waals surface area contributed by atoms with Crippen LogP contribution in [0.3, 0.4) is 0 Å². The Hall–Kier alpha value is -5.81. The number of fused-ring (bicyclic) bond motifs is 4. The molecule has 1 saturated carbocycles. The maximum Gasteiger partial charge on any atom is 0.264 e. The summed E-state index contributed by atoms with van der Waals surface area (Å²) in [6.07, 6.45) is 2.01. The fourth-order valence-corrected chi connectivity index (χ4v) is 9.28. The molecule has 1 aliphatic carbocycles. The topological polar surface area (TPSA) is 143 Å². The Balaban J connectivity index is 0.832. The van der Waals surface area contributed by atoms with Crippen molar-refractivity contribution in [2.75, 3.05) is 25.0 Å². The van der Waals surface area contributed by atoms with Crippen LogP contribution in [0.1, 0.15) is 84.5 Å². The number of anilines is 1. The van der Waals surface area contributed by atoms with Gasteiger partial charge in [0, 0.05) is 66.6 Å². The number of Topliss-reactive ketones (excluding diaryl/α,β-unsaturated/α-hetero) is 2. The summed E-state index contributed by atoms with van der Waals surface area (Å²) in [5.74, 6) is 7.11. The number of nitrogens with zero attached hydrogens (tertiary/aromatic N) is 7. The number of carbonyl (C=O) groups is 4. The van der Waals surface area contributed by atoms with Crippen LogP contribution >= 0.6 is 22.9 Å². The molecule has 1 N–H and O–H groups in total. The maximum absolute atomic E-state index is 13.4. The monoisotopic (exact) mass is 782 g/mol. The molecule has 1 saturated heterocycles. The van der Waals surface area contributed by atoms with E-state index in [4.69, 9.17) is 16.6 Å². The van der Waals surface area contributed by atoms with Crippen molar-refractivity contribution in [1.82, 2.24) is 29.5 Å². The van der Waals surface area contributed by atoms with E-state index in [-0.39, 0.29) is 30.8 Å². The number of hydrogen-bond acceptors (Lipinski definition) is 11. The summed E-state index contributed by atoms with van der Waals surface area (Å²) in [6, 6.07) is 16.0. The molecule has 2 amide bonds. The number of likely N-dealkylation sites (tertiary alicyclic amines) is 1. The first-order valence-electron chi connectivity index (χ1n) is 18.5. The standard InChI is InChI=1S/C42H35ClN8O4S/c1-23-35(56-42-37(23)39(27-7-9-28(43)10-8-27)46-19-36-48-47-24(2)50(36)42)15-12-29-11-6-25(17-44-29)20-49-21-26(22-49)18-45-32-5-3-4-31-38(32)41(55)51(40(31)54)33-14-13-30(52)16-34(33)53/h3-11,17,26,33,45H,13-14,16,18-22H2,1-2H3. The highest BCUT2D eigenvalue weighted by molar-refractivity contribution is 7.15. The van der Waals surface area contributed by atoms with Crippen molar-refractivity contribution in [2.24, 2.45) is 10.9 Å². The Kier molecular flexibility index (Phi) is 9.20. The van der Waals surface area contributed by atoms with E-state index in [1.165, 1.54) is 0 Å². The lowest BCUT2D eigenvalue weighted by atomic mass is 9.92. The Morgan fingerprint density at radius 2 is 1.77 bits per heavy atom. The lowest BCUT2D eigenvalue weighted by molar-refractivity contribution is -0.132. The molecule has 6 heterocycles. The number of hydrogen-bond donors (Lipinski definition) is 1. The minimum absolute atomic E-state index is 0.152. The number of rotatable bonds is 7. The normalized spacial score (nSPS) is 18.1. The van der Waals surface area contributed by atoms with E-state index >= 15 is 0 Å². The first-order chi connectivity index (χ1) is 27.1. The molecular weight excluding hydrogens is 748 g/mol. The second kappa shape index (κ2) is 14.4. The van der Waals surface area contributed by atoms with Crippen LogP contribution in [0.4, 0.5) is 5.69 Å². The number of amides is 2. The molecule has 0 spiro atoms. The van der Waals surface area contributed by atoms with E-state index in [0.717, 1.165) is 74.0 Å². The molecule has 5 aromatic rings. The smallest absolute Gasteiger partial charge is 0.264 e. The number of carbonyl (C=O) groups excluding carboxylic acids is 4. The van der Waals surface area contributed by atoms with Gasteiger partial charge in [-0.3, -0.25) is 38.5 Å². The molecule has 9 rings (SSSR count). The van der Waals surface area contributed by atoms with Gasteiger partial charge in [0.25, 0.3) is 11.8 Å². The van der Waals surface area contributed by atoms with Crippen LogP contribution in [0.5, 0.6) is 0 Å². The van der Waals surface area contributed by atoms with Gasteiger partial charge in [-0.05, 0) is 73.6 Å². The number of aryl methyl sites for hydroxylation is 1. The largest absolute Gasteiger partial charge is 0.384 e. The van der Waals surface area contributed by atoms with Gasteiger partial charge < -0.3 is 5.32 Å². The van der Waals surface area contributed by atoms with Crippen LogP contribution in [0, 0.1) is 31.6 Å². The average Bonchev–Trinajstić information content (AvgIpc) is 3.74. The molecule has 3 aromatic heterocycles. The number of pyridine rings is 1. The summed E-state index contributed by atoms with van der Waals surface area (Å²) in [4.78, 5) is 64.9. The van der Waals surface area contributed by atoms with Crippen molar-refractivity contribution >= 4 is 57.7 Å². The third-order valence-corrected chi connectivity index (χ3v) is 12.2. The predicted octanol–water partition coefficient (Wildman–Crippen LogP) is 5.58. The Morgan fingerprint density at radius 3 is 2.54 bits per heavy atom. The molecule has 56 heavy (non-hydrogen) atoms. The van der Waals surface area contributed by atoms with Crippen molar-refractivity contribution in [3.05, 3.63) is 121 Å². The number of benzene rings is 2. The van der Waals surface area contributed by atoms with Crippen molar-refractivity contribution in [1.29, 1.82) is 0 Å². The minimum Gasteiger partial charge on any atom is -0.384 e. The number of aliphatic imine (C=N–C) groups is 1. The summed E-state index contributed by atoms with van der Waals surface area (Å²) >= 11 is 7.81. The first-order valence-corrected chi connectivity index (χ1v) is 19.7. The third kappa shape index (κ3) is 6.43. The fraction of sp³-hybridized carbons (Fsp3) is 0.286. The quantitative estimate of drug-likeness (QED) is 0.127. The highest BCUT2D eigenvalue weighted by atomic mass is 35.5. The maximum atomic E-state index is 13.4. The Bertz CT molecular complexity index is 2560. The minimum atomic E-state index is -0.886. The number of ketones is 2. The molecule has 4 aliphatic rings. The number of aromatic nitrogens is 4. The predicted molar refractivity (Wildman–Crippen MR) is 212 cm³/mol. The molecule has 0 radical (unpaired) electrons. The van der Waals surface area contributed by atoms with Gasteiger partial charge in [0.15, 0.2) is 11.6 Å². The highest BCUT2D eigenvalue weighted by Gasteiger charge is 2.45. The zero-order valence-corrected chi connectivity index (χ0v) is 32.2. The third-order valence-electron chi connectivity index (χ3n) is 10.8. The van der Waals surface area contributed by atoms with Gasteiger partial charge in [-0.15, -0.1) is 21.5 Å². The van der Waals surface area contributed by atoms with E-state index in [1.807, 2.05) is 43.5 Å². The molecule has 12 nitrogen and oxygen atoms in total. The van der Waals surface area contributed by atoms with Gasteiger partial charge in [0.05, 0.1) is 34.2 Å². The second-order valence-electron chi connectivity index (χ2n) is 14.6. The molecule has 3 aliphatic heterocycles. The van der Waals surface area contributed by atoms with Crippen LogP contribution in [-0.2, 0) is 22.7 Å². The van der Waals surface area contributed by atoms with Gasteiger partial charge in [-0.25, -0.2) is 4.98 Å². The summed E-state index contributed by atoms with van der Waals surface area (Å²) in [5, 5.41) is 13.8. The summed E-state index contributed by atoms with van der Waals surface area (Å²) < 4.78 is 2.07. The van der Waals surface area contributed by atoms with Gasteiger partial charge in [-0.1, -0.05) is 35.9 Å². The van der Waals surface area contributed by atoms with Crippen molar-refractivity contribution in [3.63, 3.8) is 0 Å². The van der Waals surface area contributed by atoms with Crippen LogP contribution in [-0.4, -0.2) is 84.3 Å². The van der Waals surface area contributed by atoms with E-state index in [2.05, 4.69) is 54.8 Å². The van der Waals surface area contributed by atoms with Gasteiger partial charge >= 0.3 is 0 Å². The Morgan fingerprint density at radius 1 is 0.946 bits per heavy atom. The van der Waals surface area contributed by atoms with E-state index in [1.54, 1.807) is 29.5 Å². The number of imide groups is 1. The van der Waals surface area contributed by atoms with Gasteiger partial charge in [0.2, 0.25) is 0 Å². The lowest BCUT2D eigenvalue weighted by Gasteiger charge is -2.39. The second-order valence-corrected chi connectivity index (χ2v) is 16.0. The molecule has 0 bridgehead atoms. The first kappa shape index (κ1) is 35.9. The van der Waals surface area contributed by atoms with E-state index in [0.29, 0.717) is 46.5 Å². The Labute approximate surface area is 331 Å². The van der Waals surface area contributed by atoms with Crippen LogP contribution in [0.25, 0.3) is 5.00 Å². The molecule has 2 fully saturated rings. The molecule has 1 atom stereocenters. The fourth-order valence-electron chi connectivity index (χ4n) is 7.93. The van der Waals surface area contributed by atoms with E-state index in [9.17, 15) is 19.2 Å². The van der Waals surface area contributed by atoms with Crippen molar-refractivity contribution in [2.45, 2.75) is 52.2 Å². The van der Waals surface area contributed by atoms with Crippen LogP contribution < -0.4 is 5.32 Å². The SMILES string of the molecule is Cc1c(C#Cc2ccc(CN3CC(CNc4cccc5c4C(=O)N(C4CCC(=O)CC4=O)C5=O)C3)cn2)sc2c1C(c1ccc(Cl)cc1)=NCc1nnc(C)n1-2. The molecule has 2 aromatic carbocycles. The molecular formula is C42H35ClN8O4S. The lowest BCUT2D eigenvalue weighted by Crippen LogP contribution is -2.49. The highest BCUT2D eigenvalue weighted by Crippen LogP contribution is 2.37. The summed E-state index contributed by atoms with van der Waals surface area (Å²) in [5.41, 5.74) is 6.86. The number of thiophene rings is 1. The zero-order chi connectivity index (χ0) is 38.7.